The van der Waals surface area contributed by atoms with Crippen LogP contribution >= 0.6 is 11.3 Å². The van der Waals surface area contributed by atoms with Crippen LogP contribution < -0.4 is 4.72 Å². The number of aryl methyl sites for hydroxylation is 1. The molecule has 0 saturated heterocycles. The van der Waals surface area contributed by atoms with E-state index in [4.69, 9.17) is 4.11 Å². The summed E-state index contributed by atoms with van der Waals surface area (Å²) >= 11 is 0.924. The normalized spacial score (nSPS) is 13.6. The van der Waals surface area contributed by atoms with Crippen LogP contribution in [0.3, 0.4) is 0 Å². The largest absolute Gasteiger partial charge is 0.480 e. The van der Waals surface area contributed by atoms with E-state index in [1.165, 1.54) is 18.2 Å². The fourth-order valence-corrected chi connectivity index (χ4v) is 5.39. The molecule has 0 unspecified atom stereocenters. The summed E-state index contributed by atoms with van der Waals surface area (Å²) in [5, 5.41) is 10.0. The number of thiophene rings is 1. The molecule has 8 heteroatoms. The van der Waals surface area contributed by atoms with Crippen molar-refractivity contribution >= 4 is 38.2 Å². The second-order valence-corrected chi connectivity index (χ2v) is 10.1. The molecule has 2 aromatic heterocycles. The Labute approximate surface area is 194 Å². The summed E-state index contributed by atoms with van der Waals surface area (Å²) in [6, 6.07) is 11.7. The first-order valence-corrected chi connectivity index (χ1v) is 11.9. The van der Waals surface area contributed by atoms with Crippen molar-refractivity contribution in [1.29, 1.82) is 0 Å². The lowest BCUT2D eigenvalue weighted by Gasteiger charge is -2.13. The van der Waals surface area contributed by atoms with Crippen LogP contribution in [0.15, 0.2) is 71.0 Å². The molecule has 0 radical (unpaired) electrons. The quantitative estimate of drug-likeness (QED) is 0.374. The smallest absolute Gasteiger partial charge is 0.322 e. The van der Waals surface area contributed by atoms with Crippen molar-refractivity contribution in [3.05, 3.63) is 88.4 Å². The Morgan fingerprint density at radius 2 is 2.00 bits per heavy atom. The van der Waals surface area contributed by atoms with Gasteiger partial charge < -0.3 is 10.1 Å². The highest BCUT2D eigenvalue weighted by atomic mass is 32.2. The van der Waals surface area contributed by atoms with Crippen molar-refractivity contribution in [3.63, 3.8) is 0 Å². The number of aliphatic carboxylic acids is 1. The molecule has 0 fully saturated rings. The molecule has 0 saturated carbocycles. The minimum atomic E-state index is -4.18. The fraction of sp³-hybridized carbons (Fsp3) is 0.125. The first-order valence-electron chi connectivity index (χ1n) is 11.1. The maximum absolute atomic E-state index is 12.9. The third kappa shape index (κ3) is 4.92. The van der Waals surface area contributed by atoms with Gasteiger partial charge in [0.1, 0.15) is 10.3 Å². The van der Waals surface area contributed by atoms with Crippen LogP contribution in [0.4, 0.5) is 0 Å². The Balaban J connectivity index is 1.57. The number of hydrogen-bond acceptors (Lipinski definition) is 4. The predicted octanol–water partition coefficient (Wildman–Crippen LogP) is 3.91. The number of carbonyl (C=O) groups is 1. The molecule has 0 spiro atoms. The first kappa shape index (κ1) is 18.2. The lowest BCUT2D eigenvalue weighted by Crippen LogP contribution is -2.41. The molecule has 0 aliphatic rings. The van der Waals surface area contributed by atoms with Gasteiger partial charge in [0.2, 0.25) is 0 Å². The molecule has 4 aromatic rings. The fourth-order valence-electron chi connectivity index (χ4n) is 3.03. The van der Waals surface area contributed by atoms with Gasteiger partial charge in [-0.1, -0.05) is 47.7 Å². The number of fused-ring (bicyclic) bond motifs is 1. The lowest BCUT2D eigenvalue weighted by atomic mass is 10.1. The van der Waals surface area contributed by atoms with Gasteiger partial charge in [0.25, 0.3) is 10.0 Å². The molecule has 4 rings (SSSR count). The molecule has 2 aromatic carbocycles. The van der Waals surface area contributed by atoms with Crippen LogP contribution in [0.5, 0.6) is 0 Å². The van der Waals surface area contributed by atoms with Crippen LogP contribution in [0.1, 0.15) is 25.7 Å². The van der Waals surface area contributed by atoms with E-state index in [-0.39, 0.29) is 34.5 Å². The van der Waals surface area contributed by atoms with Gasteiger partial charge in [-0.15, -0.1) is 11.3 Å². The third-order valence-electron chi connectivity index (χ3n) is 4.69. The molecule has 1 atom stereocenters. The van der Waals surface area contributed by atoms with E-state index in [9.17, 15) is 18.3 Å². The van der Waals surface area contributed by atoms with Crippen molar-refractivity contribution in [2.75, 3.05) is 0 Å². The van der Waals surface area contributed by atoms with Gasteiger partial charge in [0, 0.05) is 29.1 Å². The van der Waals surface area contributed by atoms with E-state index in [0.29, 0.717) is 15.8 Å². The minimum Gasteiger partial charge on any atom is -0.480 e. The Hall–Kier alpha value is -3.38. The number of nitrogens with one attached hydrogen (secondary N) is 2. The molecule has 6 nitrogen and oxygen atoms in total. The van der Waals surface area contributed by atoms with E-state index >= 15 is 0 Å². The highest BCUT2D eigenvalue weighted by Crippen LogP contribution is 2.23. The second kappa shape index (κ2) is 9.01. The maximum Gasteiger partial charge on any atom is 0.322 e. The van der Waals surface area contributed by atoms with Gasteiger partial charge in [0.15, 0.2) is 0 Å². The minimum absolute atomic E-state index is 0.00225. The second-order valence-electron chi connectivity index (χ2n) is 7.07. The highest BCUT2D eigenvalue weighted by molar-refractivity contribution is 7.91. The molecule has 2 heterocycles. The zero-order valence-electron chi connectivity index (χ0n) is 19.9. The molecule has 3 N–H and O–H groups in total. The van der Waals surface area contributed by atoms with Crippen molar-refractivity contribution in [1.82, 2.24) is 9.71 Å². The maximum atomic E-state index is 12.9. The van der Waals surface area contributed by atoms with Gasteiger partial charge in [-0.05, 0) is 42.8 Å². The summed E-state index contributed by atoms with van der Waals surface area (Å²) in [4.78, 5) is 15.1. The number of H-pyrrole nitrogens is 1. The molecule has 0 bridgehead atoms. The monoisotopic (exact) mass is 467 g/mol. The zero-order valence-corrected chi connectivity index (χ0v) is 18.5. The molecular formula is C24H20N2O4S2. The van der Waals surface area contributed by atoms with Crippen molar-refractivity contribution in [2.24, 2.45) is 0 Å². The number of carboxylic acid groups (broad SMARTS) is 1. The lowest BCUT2D eigenvalue weighted by molar-refractivity contribution is -0.138. The van der Waals surface area contributed by atoms with Gasteiger partial charge in [0.05, 0.1) is 8.99 Å². The third-order valence-corrected chi connectivity index (χ3v) is 7.66. The van der Waals surface area contributed by atoms with Gasteiger partial charge in [-0.2, -0.15) is 4.72 Å². The Morgan fingerprint density at radius 3 is 2.75 bits per heavy atom. The number of aromatic amines is 1. The molecule has 0 amide bonds. The van der Waals surface area contributed by atoms with Crippen LogP contribution in [-0.4, -0.2) is 30.5 Å². The Bertz CT molecular complexity index is 1600. The highest BCUT2D eigenvalue weighted by Gasteiger charge is 2.27. The number of rotatable bonds is 6. The summed E-state index contributed by atoms with van der Waals surface area (Å²) in [5.74, 6) is 4.48. The van der Waals surface area contributed by atoms with E-state index in [2.05, 4.69) is 21.5 Å². The summed E-state index contributed by atoms with van der Waals surface area (Å²) in [6.45, 7) is 1.97. The molecule has 162 valence electrons. The van der Waals surface area contributed by atoms with Crippen LogP contribution in [0.2, 0.25) is 0 Å². The van der Waals surface area contributed by atoms with Gasteiger partial charge in [-0.25, -0.2) is 8.42 Å². The SMILES string of the molecule is [2H]c1cc([2H])c2[nH]c([2H])c(C[C@H](NS(=O)(=O)c3ccc(C#Cc4ccc(C)cc4)s3)C(=O)O)c2c1. The Morgan fingerprint density at radius 1 is 1.22 bits per heavy atom. The number of hydrogen-bond donors (Lipinski definition) is 3. The zero-order chi connectivity index (χ0) is 25.3. The first-order chi connectivity index (χ1) is 16.5. The molecule has 0 aliphatic heterocycles. The van der Waals surface area contributed by atoms with Crippen LogP contribution in [0.25, 0.3) is 10.9 Å². The summed E-state index contributed by atoms with van der Waals surface area (Å²) in [5.41, 5.74) is 2.40. The summed E-state index contributed by atoms with van der Waals surface area (Å²) < 4.78 is 51.9. The topological polar surface area (TPSA) is 99.3 Å². The molecular weight excluding hydrogens is 444 g/mol. The van der Waals surface area contributed by atoms with Crippen molar-refractivity contribution in [2.45, 2.75) is 23.6 Å². The van der Waals surface area contributed by atoms with E-state index < -0.39 is 22.0 Å². The number of sulfonamides is 1. The van der Waals surface area contributed by atoms with E-state index in [1.807, 2.05) is 31.2 Å². The predicted molar refractivity (Wildman–Crippen MR) is 125 cm³/mol. The average Bonchev–Trinajstić information content (AvgIpc) is 3.39. The van der Waals surface area contributed by atoms with Crippen LogP contribution in [0, 0.1) is 18.8 Å². The summed E-state index contributed by atoms with van der Waals surface area (Å²) in [7, 11) is -4.18. The summed E-state index contributed by atoms with van der Waals surface area (Å²) in [6.07, 6.45) is -0.462. The van der Waals surface area contributed by atoms with Crippen LogP contribution in [-0.2, 0) is 21.2 Å². The number of para-hydroxylation sites is 1. The number of benzene rings is 2. The number of aromatic nitrogens is 1. The molecule has 0 aliphatic carbocycles. The Kier molecular flexibility index (Phi) is 5.13. The average molecular weight is 468 g/mol. The van der Waals surface area contributed by atoms with Gasteiger partial charge >= 0.3 is 5.97 Å². The van der Waals surface area contributed by atoms with E-state index in [1.54, 1.807) is 6.07 Å². The van der Waals surface area contributed by atoms with E-state index in [0.717, 1.165) is 22.5 Å². The van der Waals surface area contributed by atoms with Crippen molar-refractivity contribution < 1.29 is 22.4 Å². The van der Waals surface area contributed by atoms with Crippen molar-refractivity contribution in [3.8, 4) is 11.8 Å². The number of carboxylic acids is 1. The van der Waals surface area contributed by atoms with Gasteiger partial charge in [-0.3, -0.25) is 4.79 Å². The molecule has 32 heavy (non-hydrogen) atoms. The standard InChI is InChI=1S/C24H20N2O4S2/c1-16-6-8-17(9-7-16)10-11-19-12-13-23(31-19)32(29,30)26-22(24(27)28)14-18-15-25-21-5-3-2-4-20(18)21/h2-9,12-13,15,22,25-26H,14H2,1H3,(H,27,28)/t22-/m0/s1/i2D,5D,15D.